The van der Waals surface area contributed by atoms with Crippen LogP contribution in [0.25, 0.3) is 122 Å². The molecule has 0 unspecified atom stereocenters. The van der Waals surface area contributed by atoms with Crippen molar-refractivity contribution in [2.45, 2.75) is 0 Å². The van der Waals surface area contributed by atoms with E-state index in [2.05, 4.69) is 225 Å². The molecule has 0 atom stereocenters. The van der Waals surface area contributed by atoms with Crippen LogP contribution in [0.2, 0.25) is 0 Å². The number of rotatable bonds is 6. The van der Waals surface area contributed by atoms with E-state index in [1.54, 1.807) is 0 Å². The maximum absolute atomic E-state index is 4.92. The Hall–Kier alpha value is -8.48. The van der Waals surface area contributed by atoms with Crippen molar-refractivity contribution in [1.29, 1.82) is 0 Å². The molecule has 0 fully saturated rings. The summed E-state index contributed by atoms with van der Waals surface area (Å²) in [5.74, 6) is 1.54. The van der Waals surface area contributed by atoms with Gasteiger partial charge in [0.2, 0.25) is 0 Å². The highest BCUT2D eigenvalue weighted by molar-refractivity contribution is 6.13. The average Bonchev–Trinajstić information content (AvgIpc) is 4.13. The first-order chi connectivity index (χ1) is 30.7. The number of aromatic amines is 2. The van der Waals surface area contributed by atoms with E-state index in [9.17, 15) is 0 Å². The van der Waals surface area contributed by atoms with E-state index >= 15 is 0 Å². The number of hydrogen-bond acceptors (Lipinski definition) is 2. The van der Waals surface area contributed by atoms with Crippen LogP contribution < -0.4 is 0 Å². The Morgan fingerprint density at radius 1 is 0.290 bits per heavy atom. The van der Waals surface area contributed by atoms with E-state index in [1.807, 2.05) is 0 Å². The SMILES string of the molecule is c1ccc2c(c1)[nH]c1c(-c3ccc(-c4nnc(-c5ccc(-c6cccc7c6[nH]c6ccccc67)cc5)n4-c4ccc(-n5c6ccccc6c6ccccc65)cc4)cc3)cccc12. The summed E-state index contributed by atoms with van der Waals surface area (Å²) in [6.07, 6.45) is 0. The molecule has 62 heavy (non-hydrogen) atoms. The van der Waals surface area contributed by atoms with Gasteiger partial charge < -0.3 is 14.5 Å². The minimum Gasteiger partial charge on any atom is -0.354 e. The summed E-state index contributed by atoms with van der Waals surface area (Å²) in [5.41, 5.74) is 15.5. The second kappa shape index (κ2) is 13.5. The number of benzene rings is 9. The van der Waals surface area contributed by atoms with Crippen molar-refractivity contribution in [3.8, 4) is 56.4 Å². The van der Waals surface area contributed by atoms with Gasteiger partial charge in [0.05, 0.1) is 22.1 Å². The Kier molecular flexibility index (Phi) is 7.50. The van der Waals surface area contributed by atoms with Crippen molar-refractivity contribution in [1.82, 2.24) is 29.3 Å². The summed E-state index contributed by atoms with van der Waals surface area (Å²) in [6, 6.07) is 73.5. The molecule has 13 rings (SSSR count). The van der Waals surface area contributed by atoms with Crippen LogP contribution >= 0.6 is 0 Å². The minimum absolute atomic E-state index is 0.770. The van der Waals surface area contributed by atoms with Gasteiger partial charge >= 0.3 is 0 Å². The van der Waals surface area contributed by atoms with Crippen LogP contribution in [0.1, 0.15) is 0 Å². The molecule has 0 amide bonds. The molecule has 290 valence electrons. The maximum atomic E-state index is 4.92. The second-order valence-corrected chi connectivity index (χ2v) is 16.0. The third-order valence-corrected chi connectivity index (χ3v) is 12.6. The standard InChI is InChI=1S/C56H36N6/c1-5-19-49-43(11-1)47-17-9-15-41(53(47)57-49)35-23-27-37(28-24-35)55-59-60-56(38-29-25-36(26-30-38)42-16-10-18-48-44-12-2-6-20-50(44)58-54(42)48)62(55)40-33-31-39(32-34-40)61-51-21-7-3-13-45(51)46-14-4-8-22-52(46)61/h1-34,57-58H. The number of hydrogen-bond donors (Lipinski definition) is 2. The number of fused-ring (bicyclic) bond motifs is 9. The Morgan fingerprint density at radius 3 is 1.13 bits per heavy atom. The lowest BCUT2D eigenvalue weighted by Gasteiger charge is -2.14. The largest absolute Gasteiger partial charge is 0.354 e. The highest BCUT2D eigenvalue weighted by Crippen LogP contribution is 2.38. The number of para-hydroxylation sites is 6. The Bertz CT molecular complexity index is 3610. The normalized spacial score (nSPS) is 11.9. The molecule has 6 nitrogen and oxygen atoms in total. The first-order valence-corrected chi connectivity index (χ1v) is 21.0. The molecule has 2 N–H and O–H groups in total. The van der Waals surface area contributed by atoms with Gasteiger partial charge in [0.15, 0.2) is 11.6 Å². The van der Waals surface area contributed by atoms with Gasteiger partial charge in [0, 0.05) is 77.0 Å². The summed E-state index contributed by atoms with van der Waals surface area (Å²) in [6.45, 7) is 0. The summed E-state index contributed by atoms with van der Waals surface area (Å²) in [4.78, 5) is 7.35. The van der Waals surface area contributed by atoms with E-state index in [0.29, 0.717) is 0 Å². The smallest absolute Gasteiger partial charge is 0.168 e. The fourth-order valence-corrected chi connectivity index (χ4v) is 9.68. The van der Waals surface area contributed by atoms with Crippen LogP contribution in [-0.2, 0) is 0 Å². The third kappa shape index (κ3) is 5.23. The van der Waals surface area contributed by atoms with Gasteiger partial charge in [-0.3, -0.25) is 4.57 Å². The lowest BCUT2D eigenvalue weighted by Crippen LogP contribution is -2.01. The predicted molar refractivity (Wildman–Crippen MR) is 256 cm³/mol. The number of nitrogens with one attached hydrogen (secondary N) is 2. The predicted octanol–water partition coefficient (Wildman–Crippen LogP) is 14.3. The fraction of sp³-hybridized carbons (Fsp3) is 0. The van der Waals surface area contributed by atoms with Gasteiger partial charge in [-0.25, -0.2) is 0 Å². The molecule has 0 aliphatic carbocycles. The van der Waals surface area contributed by atoms with Crippen LogP contribution in [-0.4, -0.2) is 29.3 Å². The third-order valence-electron chi connectivity index (χ3n) is 12.6. The number of aromatic nitrogens is 6. The van der Waals surface area contributed by atoms with Crippen LogP contribution in [0.5, 0.6) is 0 Å². The highest BCUT2D eigenvalue weighted by Gasteiger charge is 2.20. The molecule has 0 radical (unpaired) electrons. The van der Waals surface area contributed by atoms with Crippen molar-refractivity contribution in [2.75, 3.05) is 0 Å². The quantitative estimate of drug-likeness (QED) is 0.176. The van der Waals surface area contributed by atoms with E-state index < -0.39 is 0 Å². The molecule has 0 saturated heterocycles. The van der Waals surface area contributed by atoms with E-state index in [-0.39, 0.29) is 0 Å². The number of nitrogens with zero attached hydrogens (tertiary/aromatic N) is 4. The molecule has 0 spiro atoms. The molecule has 0 aliphatic rings. The van der Waals surface area contributed by atoms with Gasteiger partial charge in [0.25, 0.3) is 0 Å². The molecule has 6 heteroatoms. The molecule has 13 aromatic rings. The lowest BCUT2D eigenvalue weighted by atomic mass is 10.0. The monoisotopic (exact) mass is 792 g/mol. The van der Waals surface area contributed by atoms with Crippen LogP contribution in [0.3, 0.4) is 0 Å². The van der Waals surface area contributed by atoms with Crippen molar-refractivity contribution < 1.29 is 0 Å². The van der Waals surface area contributed by atoms with Crippen molar-refractivity contribution in [2.24, 2.45) is 0 Å². The summed E-state index contributed by atoms with van der Waals surface area (Å²) < 4.78 is 4.54. The first-order valence-electron chi connectivity index (χ1n) is 21.0. The molecular weight excluding hydrogens is 757 g/mol. The fourth-order valence-electron chi connectivity index (χ4n) is 9.68. The Balaban J connectivity index is 0.932. The first kappa shape index (κ1) is 34.4. The highest BCUT2D eigenvalue weighted by atomic mass is 15.3. The zero-order valence-corrected chi connectivity index (χ0v) is 33.4. The molecule has 4 aromatic heterocycles. The Labute approximate surface area is 356 Å². The topological polar surface area (TPSA) is 67.2 Å². The van der Waals surface area contributed by atoms with Crippen molar-refractivity contribution in [3.63, 3.8) is 0 Å². The minimum atomic E-state index is 0.770. The molecule has 0 bridgehead atoms. The van der Waals surface area contributed by atoms with Crippen molar-refractivity contribution in [3.05, 3.63) is 206 Å². The van der Waals surface area contributed by atoms with Crippen LogP contribution in [0.15, 0.2) is 206 Å². The van der Waals surface area contributed by atoms with Gasteiger partial charge in [-0.15, -0.1) is 10.2 Å². The van der Waals surface area contributed by atoms with E-state index in [0.717, 1.165) is 78.5 Å². The Morgan fingerprint density at radius 2 is 0.661 bits per heavy atom. The second-order valence-electron chi connectivity index (χ2n) is 16.0. The average molecular weight is 793 g/mol. The summed E-state index contributed by atoms with van der Waals surface area (Å²) in [7, 11) is 0. The molecule has 0 saturated carbocycles. The lowest BCUT2D eigenvalue weighted by molar-refractivity contribution is 1.07. The van der Waals surface area contributed by atoms with Gasteiger partial charge in [0.1, 0.15) is 0 Å². The molecular formula is C56H36N6. The zero-order chi connectivity index (χ0) is 40.7. The van der Waals surface area contributed by atoms with Crippen LogP contribution in [0, 0.1) is 0 Å². The zero-order valence-electron chi connectivity index (χ0n) is 33.4. The maximum Gasteiger partial charge on any atom is 0.168 e. The van der Waals surface area contributed by atoms with Gasteiger partial charge in [-0.05, 0) is 59.7 Å². The van der Waals surface area contributed by atoms with Crippen molar-refractivity contribution >= 4 is 65.4 Å². The molecule has 0 aliphatic heterocycles. The number of H-pyrrole nitrogens is 2. The van der Waals surface area contributed by atoms with Gasteiger partial charge in [-0.2, -0.15) is 0 Å². The molecule has 4 heterocycles. The summed E-state index contributed by atoms with van der Waals surface area (Å²) >= 11 is 0. The van der Waals surface area contributed by atoms with E-state index in [4.69, 9.17) is 10.2 Å². The summed E-state index contributed by atoms with van der Waals surface area (Å²) in [5, 5.41) is 17.2. The van der Waals surface area contributed by atoms with Crippen LogP contribution in [0.4, 0.5) is 0 Å². The van der Waals surface area contributed by atoms with Gasteiger partial charge in [-0.1, -0.05) is 158 Å². The van der Waals surface area contributed by atoms with E-state index in [1.165, 1.54) is 43.4 Å². The molecule has 9 aromatic carbocycles.